The highest BCUT2D eigenvalue weighted by molar-refractivity contribution is 5.95. The van der Waals surface area contributed by atoms with Crippen LogP contribution >= 0.6 is 0 Å². The van der Waals surface area contributed by atoms with Crippen molar-refractivity contribution in [2.24, 2.45) is 5.92 Å². The van der Waals surface area contributed by atoms with Crippen LogP contribution in [-0.2, 0) is 20.8 Å². The molecular weight excluding hydrogens is 439 g/mol. The molecule has 3 aromatic rings. The summed E-state index contributed by atoms with van der Waals surface area (Å²) >= 11 is 0. The van der Waals surface area contributed by atoms with Gasteiger partial charge in [-0.25, -0.2) is 9.18 Å². The number of hydrogen-bond donors (Lipinski definition) is 0. The van der Waals surface area contributed by atoms with Crippen LogP contribution in [0.15, 0.2) is 53.3 Å². The molecule has 0 N–H and O–H groups in total. The van der Waals surface area contributed by atoms with Crippen molar-refractivity contribution in [3.8, 4) is 5.69 Å². The number of methoxy groups -OCH3 is 1. The topological polar surface area (TPSA) is 77.8 Å². The second-order valence-electron chi connectivity index (χ2n) is 8.28. The molecule has 2 aromatic carbocycles. The zero-order chi connectivity index (χ0) is 24.2. The largest absolute Gasteiger partial charge is 0.466 e. The van der Waals surface area contributed by atoms with Gasteiger partial charge in [-0.3, -0.25) is 14.5 Å². The molecule has 0 saturated carbocycles. The van der Waals surface area contributed by atoms with Gasteiger partial charge >= 0.3 is 11.9 Å². The average Bonchev–Trinajstić information content (AvgIpc) is 2.86. The van der Waals surface area contributed by atoms with E-state index in [-0.39, 0.29) is 35.1 Å². The molecule has 2 heterocycles. The maximum absolute atomic E-state index is 14.2. The first-order valence-electron chi connectivity index (χ1n) is 11.3. The molecule has 7 nitrogen and oxygen atoms in total. The highest BCUT2D eigenvalue weighted by atomic mass is 19.1. The van der Waals surface area contributed by atoms with Gasteiger partial charge in [-0.2, -0.15) is 0 Å². The number of nitrogens with zero attached hydrogens (tertiary/aromatic N) is 2. The molecule has 0 unspecified atom stereocenters. The van der Waals surface area contributed by atoms with Gasteiger partial charge in [-0.1, -0.05) is 18.2 Å². The zero-order valence-corrected chi connectivity index (χ0v) is 19.3. The molecule has 0 spiro atoms. The molecular formula is C26H27FN2O5. The molecule has 0 aliphatic carbocycles. The van der Waals surface area contributed by atoms with Crippen molar-refractivity contribution in [1.29, 1.82) is 0 Å². The van der Waals surface area contributed by atoms with Gasteiger partial charge in [0.15, 0.2) is 5.43 Å². The van der Waals surface area contributed by atoms with Crippen LogP contribution in [0, 0.1) is 11.7 Å². The molecule has 1 saturated heterocycles. The van der Waals surface area contributed by atoms with Gasteiger partial charge in [0.2, 0.25) is 0 Å². The normalized spacial score (nSPS) is 14.8. The molecule has 0 bridgehead atoms. The molecule has 1 aromatic heterocycles. The Balaban J connectivity index is 1.82. The zero-order valence-electron chi connectivity index (χ0n) is 19.3. The fraction of sp³-hybridized carbons (Fsp3) is 0.346. The molecule has 0 radical (unpaired) electrons. The summed E-state index contributed by atoms with van der Waals surface area (Å²) in [5.41, 5.74) is 0.922. The lowest BCUT2D eigenvalue weighted by Crippen LogP contribution is -2.38. The SMILES string of the molecule is CCOC(=O)C1CCN(Cc2c(C(=O)OC)n(-c3ccccc3)c3cc(F)ccc3c2=O)CC1. The number of hydrogen-bond acceptors (Lipinski definition) is 6. The summed E-state index contributed by atoms with van der Waals surface area (Å²) in [5.74, 6) is -1.56. The maximum Gasteiger partial charge on any atom is 0.355 e. The van der Waals surface area contributed by atoms with Gasteiger partial charge in [-0.05, 0) is 63.2 Å². The fourth-order valence-corrected chi connectivity index (χ4v) is 4.52. The quantitative estimate of drug-likeness (QED) is 0.516. The van der Waals surface area contributed by atoms with Crippen LogP contribution in [0.3, 0.4) is 0 Å². The Labute approximate surface area is 196 Å². The third kappa shape index (κ3) is 4.59. The van der Waals surface area contributed by atoms with Gasteiger partial charge in [-0.15, -0.1) is 0 Å². The Morgan fingerprint density at radius 1 is 1.09 bits per heavy atom. The second-order valence-corrected chi connectivity index (χ2v) is 8.28. The number of benzene rings is 2. The molecule has 8 heteroatoms. The van der Waals surface area contributed by atoms with Crippen LogP contribution in [0.5, 0.6) is 0 Å². The number of pyridine rings is 1. The summed E-state index contributed by atoms with van der Waals surface area (Å²) in [6.45, 7) is 3.49. The van der Waals surface area contributed by atoms with E-state index in [1.807, 2.05) is 11.0 Å². The molecule has 1 fully saturated rings. The second kappa shape index (κ2) is 10.2. The van der Waals surface area contributed by atoms with E-state index < -0.39 is 11.8 Å². The van der Waals surface area contributed by atoms with Crippen LogP contribution in [-0.4, -0.2) is 48.2 Å². The van der Waals surface area contributed by atoms with Crippen LogP contribution in [0.1, 0.15) is 35.8 Å². The lowest BCUT2D eigenvalue weighted by atomic mass is 9.96. The van der Waals surface area contributed by atoms with Crippen molar-refractivity contribution < 1.29 is 23.5 Å². The van der Waals surface area contributed by atoms with Gasteiger partial charge in [0.05, 0.1) is 25.2 Å². The van der Waals surface area contributed by atoms with Gasteiger partial charge < -0.3 is 14.0 Å². The molecule has 1 aliphatic rings. The minimum Gasteiger partial charge on any atom is -0.466 e. The summed E-state index contributed by atoms with van der Waals surface area (Å²) in [7, 11) is 1.26. The predicted octanol–water partition coefficient (Wildman–Crippen LogP) is 3.69. The number of fused-ring (bicyclic) bond motifs is 1. The Bertz CT molecular complexity index is 1260. The molecule has 4 rings (SSSR count). The minimum atomic E-state index is -0.677. The van der Waals surface area contributed by atoms with Crippen molar-refractivity contribution in [2.45, 2.75) is 26.3 Å². The minimum absolute atomic E-state index is 0.0734. The summed E-state index contributed by atoms with van der Waals surface area (Å²) in [6, 6.07) is 13.0. The van der Waals surface area contributed by atoms with E-state index in [9.17, 15) is 18.8 Å². The Morgan fingerprint density at radius 3 is 2.44 bits per heavy atom. The maximum atomic E-state index is 14.2. The fourth-order valence-electron chi connectivity index (χ4n) is 4.52. The average molecular weight is 467 g/mol. The lowest BCUT2D eigenvalue weighted by molar-refractivity contribution is -0.149. The van der Waals surface area contributed by atoms with Gasteiger partial charge in [0.25, 0.3) is 0 Å². The van der Waals surface area contributed by atoms with Crippen LogP contribution < -0.4 is 5.43 Å². The number of rotatable bonds is 6. The molecule has 0 amide bonds. The van der Waals surface area contributed by atoms with Gasteiger partial charge in [0, 0.05) is 23.2 Å². The number of likely N-dealkylation sites (tertiary alicyclic amines) is 1. The van der Waals surface area contributed by atoms with Gasteiger partial charge in [0.1, 0.15) is 11.5 Å². The number of ether oxygens (including phenoxy) is 2. The summed E-state index contributed by atoms with van der Waals surface area (Å²) in [6.07, 6.45) is 1.22. The number of esters is 2. The van der Waals surface area contributed by atoms with E-state index in [1.165, 1.54) is 25.3 Å². The van der Waals surface area contributed by atoms with Crippen molar-refractivity contribution in [3.63, 3.8) is 0 Å². The van der Waals surface area contributed by atoms with Crippen LogP contribution in [0.4, 0.5) is 4.39 Å². The van der Waals surface area contributed by atoms with Crippen molar-refractivity contribution in [2.75, 3.05) is 26.8 Å². The highest BCUT2D eigenvalue weighted by Crippen LogP contribution is 2.26. The van der Waals surface area contributed by atoms with E-state index in [0.717, 1.165) is 0 Å². The lowest BCUT2D eigenvalue weighted by Gasteiger charge is -2.31. The van der Waals surface area contributed by atoms with E-state index in [0.29, 0.717) is 49.1 Å². The van der Waals surface area contributed by atoms with E-state index >= 15 is 0 Å². The Kier molecular flexibility index (Phi) is 7.07. The van der Waals surface area contributed by atoms with E-state index in [4.69, 9.17) is 9.47 Å². The summed E-state index contributed by atoms with van der Waals surface area (Å²) in [4.78, 5) is 40.7. The van der Waals surface area contributed by atoms with E-state index in [2.05, 4.69) is 0 Å². The third-order valence-electron chi connectivity index (χ3n) is 6.21. The van der Waals surface area contributed by atoms with Crippen molar-refractivity contribution >= 4 is 22.8 Å². The Morgan fingerprint density at radius 2 is 1.79 bits per heavy atom. The first-order valence-corrected chi connectivity index (χ1v) is 11.3. The smallest absolute Gasteiger partial charge is 0.355 e. The van der Waals surface area contributed by atoms with Crippen molar-refractivity contribution in [1.82, 2.24) is 9.47 Å². The van der Waals surface area contributed by atoms with E-state index in [1.54, 1.807) is 35.8 Å². The number of halogens is 1. The summed E-state index contributed by atoms with van der Waals surface area (Å²) in [5, 5.41) is 0.314. The number of carbonyl (C=O) groups is 2. The van der Waals surface area contributed by atoms with Crippen LogP contribution in [0.2, 0.25) is 0 Å². The number of para-hydroxylation sites is 1. The monoisotopic (exact) mass is 466 g/mol. The summed E-state index contributed by atoms with van der Waals surface area (Å²) < 4.78 is 26.0. The first-order chi connectivity index (χ1) is 16.4. The molecule has 0 atom stereocenters. The number of piperidine rings is 1. The third-order valence-corrected chi connectivity index (χ3v) is 6.21. The molecule has 34 heavy (non-hydrogen) atoms. The molecule has 1 aliphatic heterocycles. The van der Waals surface area contributed by atoms with Crippen LogP contribution in [0.25, 0.3) is 16.6 Å². The standard InChI is InChI=1S/C26H27FN2O5/c1-3-34-25(31)17-11-13-28(14-12-17)16-21-23(26(32)33-2)29(19-7-5-4-6-8-19)22-15-18(27)9-10-20(22)24(21)30/h4-10,15,17H,3,11-14,16H2,1-2H3. The number of aromatic nitrogens is 1. The predicted molar refractivity (Wildman–Crippen MR) is 125 cm³/mol. The molecule has 178 valence electrons. The first kappa shape index (κ1) is 23.6. The highest BCUT2D eigenvalue weighted by Gasteiger charge is 2.29. The number of carbonyl (C=O) groups excluding carboxylic acids is 2. The van der Waals surface area contributed by atoms with Crippen molar-refractivity contribution in [3.05, 3.63) is 75.8 Å². The Hall–Kier alpha value is -3.52.